The van der Waals surface area contributed by atoms with Gasteiger partial charge in [0.1, 0.15) is 0 Å². The molecule has 0 saturated heterocycles. The van der Waals surface area contributed by atoms with Crippen LogP contribution < -0.4 is 20.3 Å². The van der Waals surface area contributed by atoms with Crippen LogP contribution in [0.25, 0.3) is 5.70 Å². The number of amides is 1. The van der Waals surface area contributed by atoms with Crippen LogP contribution in [-0.4, -0.2) is 20.1 Å². The van der Waals surface area contributed by atoms with Gasteiger partial charge in [-0.1, -0.05) is 26.3 Å². The Morgan fingerprint density at radius 1 is 1.14 bits per heavy atom. The first kappa shape index (κ1) is 16.9. The lowest BCUT2D eigenvalue weighted by Crippen LogP contribution is -2.35. The third-order valence-corrected chi connectivity index (χ3v) is 3.09. The number of benzene rings is 1. The Morgan fingerprint density at radius 3 is 2.48 bits per heavy atom. The van der Waals surface area contributed by atoms with Gasteiger partial charge in [0.05, 0.1) is 19.9 Å². The monoisotopic (exact) mass is 292 g/mol. The smallest absolute Gasteiger partial charge is 0.238 e. The highest BCUT2D eigenvalue weighted by Crippen LogP contribution is 2.29. The molecular formula is C16H24N2O3. The van der Waals surface area contributed by atoms with Crippen LogP contribution in [0.15, 0.2) is 24.8 Å². The van der Waals surface area contributed by atoms with Gasteiger partial charge in [0.2, 0.25) is 5.91 Å². The van der Waals surface area contributed by atoms with Crippen molar-refractivity contribution < 1.29 is 14.3 Å². The lowest BCUT2D eigenvalue weighted by Gasteiger charge is -2.13. The zero-order chi connectivity index (χ0) is 15.7. The highest BCUT2D eigenvalue weighted by Gasteiger charge is 2.07. The van der Waals surface area contributed by atoms with E-state index < -0.39 is 0 Å². The van der Waals surface area contributed by atoms with Gasteiger partial charge in [-0.3, -0.25) is 15.6 Å². The molecule has 0 radical (unpaired) electrons. The molecule has 0 fully saturated rings. The molecule has 0 saturated carbocycles. The molecule has 1 amide bonds. The molecule has 0 spiro atoms. The van der Waals surface area contributed by atoms with E-state index in [1.807, 2.05) is 6.07 Å². The average molecular weight is 292 g/mol. The first-order valence-electron chi connectivity index (χ1n) is 7.08. The minimum absolute atomic E-state index is 0.0370. The van der Waals surface area contributed by atoms with Crippen molar-refractivity contribution in [3.05, 3.63) is 30.3 Å². The van der Waals surface area contributed by atoms with Crippen molar-refractivity contribution in [1.82, 2.24) is 10.9 Å². The number of hydrazine groups is 1. The van der Waals surface area contributed by atoms with Gasteiger partial charge >= 0.3 is 0 Å². The summed E-state index contributed by atoms with van der Waals surface area (Å²) in [5.74, 6) is 1.23. The molecule has 116 valence electrons. The first-order chi connectivity index (χ1) is 10.1. The quantitative estimate of drug-likeness (QED) is 0.543. The number of methoxy groups -OCH3 is 2. The van der Waals surface area contributed by atoms with Crippen molar-refractivity contribution in [2.45, 2.75) is 32.6 Å². The summed E-state index contributed by atoms with van der Waals surface area (Å²) in [5, 5.41) is 0. The minimum atomic E-state index is -0.0370. The number of carbonyl (C=O) groups excluding carboxylic acids is 1. The molecule has 0 aliphatic rings. The van der Waals surface area contributed by atoms with E-state index in [2.05, 4.69) is 24.4 Å². The van der Waals surface area contributed by atoms with Crippen molar-refractivity contribution in [3.8, 4) is 11.5 Å². The molecule has 1 aromatic carbocycles. The van der Waals surface area contributed by atoms with E-state index in [4.69, 9.17) is 9.47 Å². The molecule has 0 aliphatic heterocycles. The Kier molecular flexibility index (Phi) is 7.15. The van der Waals surface area contributed by atoms with Crippen molar-refractivity contribution >= 4 is 11.6 Å². The summed E-state index contributed by atoms with van der Waals surface area (Å²) in [6, 6.07) is 5.45. The Labute approximate surface area is 126 Å². The summed E-state index contributed by atoms with van der Waals surface area (Å²) in [5.41, 5.74) is 6.89. The minimum Gasteiger partial charge on any atom is -0.493 e. The molecule has 1 rings (SSSR count). The fourth-order valence-electron chi connectivity index (χ4n) is 1.84. The topological polar surface area (TPSA) is 59.6 Å². The average Bonchev–Trinajstić information content (AvgIpc) is 2.52. The lowest BCUT2D eigenvalue weighted by molar-refractivity contribution is -0.121. The maximum absolute atomic E-state index is 11.6. The summed E-state index contributed by atoms with van der Waals surface area (Å²) >= 11 is 0. The number of nitrogens with one attached hydrogen (secondary N) is 2. The third-order valence-electron chi connectivity index (χ3n) is 3.09. The first-order valence-corrected chi connectivity index (χ1v) is 7.08. The summed E-state index contributed by atoms with van der Waals surface area (Å²) in [6.45, 7) is 6.01. The zero-order valence-electron chi connectivity index (χ0n) is 13.0. The van der Waals surface area contributed by atoms with Crippen molar-refractivity contribution in [3.63, 3.8) is 0 Å². The molecule has 0 aliphatic carbocycles. The molecule has 5 heteroatoms. The van der Waals surface area contributed by atoms with Crippen molar-refractivity contribution in [2.75, 3.05) is 14.2 Å². The lowest BCUT2D eigenvalue weighted by atomic mass is 10.1. The predicted molar refractivity (Wildman–Crippen MR) is 84.0 cm³/mol. The molecule has 0 bridgehead atoms. The zero-order valence-corrected chi connectivity index (χ0v) is 13.0. The normalized spacial score (nSPS) is 9.86. The molecule has 5 nitrogen and oxygen atoms in total. The van der Waals surface area contributed by atoms with Gasteiger partial charge in [0.15, 0.2) is 11.5 Å². The molecule has 0 heterocycles. The molecule has 21 heavy (non-hydrogen) atoms. The Morgan fingerprint density at radius 2 is 1.86 bits per heavy atom. The number of unbranched alkanes of at least 4 members (excludes halogenated alkanes) is 2. The van der Waals surface area contributed by atoms with Crippen LogP contribution in [0, 0.1) is 0 Å². The molecule has 0 aromatic heterocycles. The third kappa shape index (κ3) is 5.38. The fourth-order valence-corrected chi connectivity index (χ4v) is 1.84. The highest BCUT2D eigenvalue weighted by atomic mass is 16.5. The van der Waals surface area contributed by atoms with Crippen LogP contribution in [0.3, 0.4) is 0 Å². The van der Waals surface area contributed by atoms with Crippen LogP contribution >= 0.6 is 0 Å². The van der Waals surface area contributed by atoms with Gasteiger partial charge < -0.3 is 9.47 Å². The Hall–Kier alpha value is -2.17. The molecule has 0 unspecified atom stereocenters. The molecule has 2 N–H and O–H groups in total. The second-order valence-corrected chi connectivity index (χ2v) is 4.68. The highest BCUT2D eigenvalue weighted by molar-refractivity contribution is 5.77. The van der Waals surface area contributed by atoms with E-state index in [0.29, 0.717) is 23.6 Å². The SMILES string of the molecule is C=C(NNC(=O)CCCCC)c1ccc(OC)c(OC)c1. The van der Waals surface area contributed by atoms with Crippen molar-refractivity contribution in [1.29, 1.82) is 0 Å². The standard InChI is InChI=1S/C16H24N2O3/c1-5-6-7-8-16(19)18-17-12(2)13-9-10-14(20-3)15(11-13)21-4/h9-11,17H,2,5-8H2,1,3-4H3,(H,18,19). The maximum Gasteiger partial charge on any atom is 0.238 e. The Bertz CT molecular complexity index is 486. The predicted octanol–water partition coefficient (Wildman–Crippen LogP) is 2.88. The van der Waals surface area contributed by atoms with Gasteiger partial charge in [-0.2, -0.15) is 0 Å². The van der Waals surface area contributed by atoms with Gasteiger partial charge in [0, 0.05) is 12.0 Å². The summed E-state index contributed by atoms with van der Waals surface area (Å²) in [4.78, 5) is 11.6. The number of rotatable bonds is 9. The van der Waals surface area contributed by atoms with E-state index in [9.17, 15) is 4.79 Å². The molecular weight excluding hydrogens is 268 g/mol. The van der Waals surface area contributed by atoms with Gasteiger partial charge in [0.25, 0.3) is 0 Å². The number of ether oxygens (including phenoxy) is 2. The van der Waals surface area contributed by atoms with Gasteiger partial charge in [-0.15, -0.1) is 0 Å². The van der Waals surface area contributed by atoms with Crippen LogP contribution in [0.5, 0.6) is 11.5 Å². The fraction of sp³-hybridized carbons (Fsp3) is 0.438. The van der Waals surface area contributed by atoms with Gasteiger partial charge in [-0.05, 0) is 24.6 Å². The number of carbonyl (C=O) groups is 1. The van der Waals surface area contributed by atoms with Crippen LogP contribution in [-0.2, 0) is 4.79 Å². The van der Waals surface area contributed by atoms with Crippen LogP contribution in [0.1, 0.15) is 38.2 Å². The van der Waals surface area contributed by atoms with E-state index in [-0.39, 0.29) is 5.91 Å². The molecule has 1 aromatic rings. The number of hydrogen-bond acceptors (Lipinski definition) is 4. The van der Waals surface area contributed by atoms with Crippen LogP contribution in [0.2, 0.25) is 0 Å². The Balaban J connectivity index is 2.54. The van der Waals surface area contributed by atoms with Crippen molar-refractivity contribution in [2.24, 2.45) is 0 Å². The van der Waals surface area contributed by atoms with E-state index in [1.54, 1.807) is 26.4 Å². The second kappa shape index (κ2) is 8.89. The second-order valence-electron chi connectivity index (χ2n) is 4.68. The van der Waals surface area contributed by atoms with E-state index >= 15 is 0 Å². The summed E-state index contributed by atoms with van der Waals surface area (Å²) in [7, 11) is 3.16. The van der Waals surface area contributed by atoms with E-state index in [1.165, 1.54) is 0 Å². The van der Waals surface area contributed by atoms with E-state index in [0.717, 1.165) is 24.8 Å². The number of hydrogen-bond donors (Lipinski definition) is 2. The van der Waals surface area contributed by atoms with Gasteiger partial charge in [-0.25, -0.2) is 0 Å². The summed E-state index contributed by atoms with van der Waals surface area (Å²) < 4.78 is 10.4. The summed E-state index contributed by atoms with van der Waals surface area (Å²) in [6.07, 6.45) is 3.57. The maximum atomic E-state index is 11.6. The molecule has 0 atom stereocenters. The van der Waals surface area contributed by atoms with Crippen LogP contribution in [0.4, 0.5) is 0 Å². The largest absolute Gasteiger partial charge is 0.493 e.